The summed E-state index contributed by atoms with van der Waals surface area (Å²) in [7, 11) is 0. The van der Waals surface area contributed by atoms with Crippen LogP contribution in [0.5, 0.6) is 0 Å². The van der Waals surface area contributed by atoms with Crippen molar-refractivity contribution >= 4 is 11.9 Å². The second-order valence-electron chi connectivity index (χ2n) is 3.90. The number of aliphatic imine (C=N–C) groups is 1. The standard InChI is InChI=1S/C16H18FN/c1-5-8-12(3)13(4)16(18-6-2)14-9-7-10-15(17)11-14/h5-11H,3H2,1-2,4H3/b8-5-,16-13+,18-6?. The van der Waals surface area contributed by atoms with E-state index in [9.17, 15) is 4.39 Å². The molecular weight excluding hydrogens is 225 g/mol. The molecule has 1 rings (SSSR count). The Kier molecular flexibility index (Phi) is 5.25. The summed E-state index contributed by atoms with van der Waals surface area (Å²) in [6.07, 6.45) is 5.54. The first-order chi connectivity index (χ1) is 8.60. The molecule has 0 aromatic heterocycles. The molecule has 0 aliphatic rings. The van der Waals surface area contributed by atoms with Gasteiger partial charge in [-0.05, 0) is 44.1 Å². The summed E-state index contributed by atoms with van der Waals surface area (Å²) in [5.74, 6) is -0.263. The molecule has 2 heteroatoms. The monoisotopic (exact) mass is 243 g/mol. The van der Waals surface area contributed by atoms with E-state index < -0.39 is 0 Å². The zero-order valence-corrected chi connectivity index (χ0v) is 11.1. The molecule has 0 radical (unpaired) electrons. The van der Waals surface area contributed by atoms with Gasteiger partial charge in [0.05, 0.1) is 5.70 Å². The van der Waals surface area contributed by atoms with Gasteiger partial charge in [-0.1, -0.05) is 30.9 Å². The molecule has 0 N–H and O–H groups in total. The normalized spacial score (nSPS) is 13.1. The minimum Gasteiger partial charge on any atom is -0.261 e. The Balaban J connectivity index is 3.33. The molecule has 0 amide bonds. The fourth-order valence-corrected chi connectivity index (χ4v) is 1.63. The van der Waals surface area contributed by atoms with Gasteiger partial charge in [-0.3, -0.25) is 4.99 Å². The third-order valence-corrected chi connectivity index (χ3v) is 2.56. The van der Waals surface area contributed by atoms with Gasteiger partial charge in [-0.2, -0.15) is 0 Å². The Labute approximate surface area is 108 Å². The van der Waals surface area contributed by atoms with E-state index >= 15 is 0 Å². The van der Waals surface area contributed by atoms with Gasteiger partial charge in [0.1, 0.15) is 5.82 Å². The Hall–Kier alpha value is -1.96. The fraction of sp³-hybridized carbons (Fsp3) is 0.188. The summed E-state index contributed by atoms with van der Waals surface area (Å²) in [5, 5.41) is 0. The first kappa shape index (κ1) is 14.1. The Morgan fingerprint density at radius 3 is 2.61 bits per heavy atom. The maximum atomic E-state index is 13.3. The van der Waals surface area contributed by atoms with Crippen LogP contribution in [0.25, 0.3) is 5.70 Å². The van der Waals surface area contributed by atoms with Crippen LogP contribution in [-0.2, 0) is 0 Å². The average molecular weight is 243 g/mol. The Morgan fingerprint density at radius 2 is 2.06 bits per heavy atom. The van der Waals surface area contributed by atoms with Crippen LogP contribution in [0.4, 0.5) is 4.39 Å². The molecule has 0 atom stereocenters. The molecule has 0 fully saturated rings. The lowest BCUT2D eigenvalue weighted by Gasteiger charge is -2.08. The van der Waals surface area contributed by atoms with Crippen LogP contribution in [0.15, 0.2) is 59.1 Å². The second kappa shape index (κ2) is 6.70. The van der Waals surface area contributed by atoms with E-state index in [4.69, 9.17) is 0 Å². The Bertz CT molecular complexity index is 522. The number of benzene rings is 1. The molecule has 0 bridgehead atoms. The van der Waals surface area contributed by atoms with Crippen molar-refractivity contribution in [3.8, 4) is 0 Å². The molecule has 0 heterocycles. The maximum Gasteiger partial charge on any atom is 0.123 e. The van der Waals surface area contributed by atoms with E-state index in [-0.39, 0.29) is 5.82 Å². The molecule has 0 aliphatic heterocycles. The third kappa shape index (κ3) is 3.52. The van der Waals surface area contributed by atoms with Gasteiger partial charge in [-0.15, -0.1) is 0 Å². The van der Waals surface area contributed by atoms with Crippen molar-refractivity contribution < 1.29 is 4.39 Å². The van der Waals surface area contributed by atoms with Crippen LogP contribution in [0, 0.1) is 5.82 Å². The number of allylic oxidation sites excluding steroid dienone is 4. The number of hydrogen-bond acceptors (Lipinski definition) is 1. The second-order valence-corrected chi connectivity index (χ2v) is 3.90. The average Bonchev–Trinajstić information content (AvgIpc) is 2.35. The van der Waals surface area contributed by atoms with Crippen molar-refractivity contribution in [1.29, 1.82) is 0 Å². The maximum absolute atomic E-state index is 13.3. The van der Waals surface area contributed by atoms with E-state index in [2.05, 4.69) is 11.6 Å². The number of rotatable bonds is 4. The number of halogens is 1. The van der Waals surface area contributed by atoms with Gasteiger partial charge in [0.2, 0.25) is 0 Å². The highest BCUT2D eigenvalue weighted by atomic mass is 19.1. The van der Waals surface area contributed by atoms with E-state index in [0.29, 0.717) is 0 Å². The molecule has 18 heavy (non-hydrogen) atoms. The van der Waals surface area contributed by atoms with E-state index in [1.165, 1.54) is 12.1 Å². The summed E-state index contributed by atoms with van der Waals surface area (Å²) in [6, 6.07) is 6.43. The molecule has 94 valence electrons. The lowest BCUT2D eigenvalue weighted by Crippen LogP contribution is -1.90. The molecule has 0 saturated carbocycles. The third-order valence-electron chi connectivity index (χ3n) is 2.56. The molecule has 0 saturated heterocycles. The highest BCUT2D eigenvalue weighted by Gasteiger charge is 2.06. The molecule has 0 spiro atoms. The molecule has 0 unspecified atom stereocenters. The molecule has 1 aromatic rings. The van der Waals surface area contributed by atoms with Crippen LogP contribution >= 0.6 is 0 Å². The van der Waals surface area contributed by atoms with Gasteiger partial charge in [0, 0.05) is 11.8 Å². The lowest BCUT2D eigenvalue weighted by atomic mass is 10.0. The Morgan fingerprint density at radius 1 is 1.33 bits per heavy atom. The van der Waals surface area contributed by atoms with Gasteiger partial charge in [-0.25, -0.2) is 4.39 Å². The van der Waals surface area contributed by atoms with Gasteiger partial charge < -0.3 is 0 Å². The highest BCUT2D eigenvalue weighted by Crippen LogP contribution is 2.25. The van der Waals surface area contributed by atoms with E-state index in [0.717, 1.165) is 22.4 Å². The predicted molar refractivity (Wildman–Crippen MR) is 77.1 cm³/mol. The zero-order chi connectivity index (χ0) is 13.5. The zero-order valence-electron chi connectivity index (χ0n) is 11.1. The first-order valence-electron chi connectivity index (χ1n) is 5.87. The van der Waals surface area contributed by atoms with Crippen molar-refractivity contribution in [3.63, 3.8) is 0 Å². The van der Waals surface area contributed by atoms with Crippen molar-refractivity contribution in [3.05, 3.63) is 65.5 Å². The molecular formula is C16H18FN. The van der Waals surface area contributed by atoms with Gasteiger partial charge in [0.25, 0.3) is 0 Å². The summed E-state index contributed by atoms with van der Waals surface area (Å²) < 4.78 is 13.3. The smallest absolute Gasteiger partial charge is 0.123 e. The summed E-state index contributed by atoms with van der Waals surface area (Å²) in [5.41, 5.74) is 3.33. The van der Waals surface area contributed by atoms with Crippen molar-refractivity contribution in [2.24, 2.45) is 4.99 Å². The molecule has 1 nitrogen and oxygen atoms in total. The minimum atomic E-state index is -0.263. The van der Waals surface area contributed by atoms with Gasteiger partial charge in [0.15, 0.2) is 0 Å². The lowest BCUT2D eigenvalue weighted by molar-refractivity contribution is 0.627. The van der Waals surface area contributed by atoms with Crippen molar-refractivity contribution in [2.75, 3.05) is 0 Å². The van der Waals surface area contributed by atoms with Gasteiger partial charge >= 0.3 is 0 Å². The SMILES string of the molecule is C=C(/C=C\C)/C(C)=C(/N=CC)c1cccc(F)c1. The van der Waals surface area contributed by atoms with E-state index in [1.807, 2.05) is 39.0 Å². The van der Waals surface area contributed by atoms with Crippen LogP contribution < -0.4 is 0 Å². The predicted octanol–water partition coefficient (Wildman–Crippen LogP) is 4.78. The summed E-state index contributed by atoms with van der Waals surface area (Å²) in [4.78, 5) is 4.33. The largest absolute Gasteiger partial charge is 0.261 e. The molecule has 1 aromatic carbocycles. The molecule has 0 aliphatic carbocycles. The van der Waals surface area contributed by atoms with Crippen LogP contribution in [0.3, 0.4) is 0 Å². The minimum absolute atomic E-state index is 0.263. The fourth-order valence-electron chi connectivity index (χ4n) is 1.63. The number of nitrogens with zero attached hydrogens (tertiary/aromatic N) is 1. The highest BCUT2D eigenvalue weighted by molar-refractivity contribution is 5.77. The van der Waals surface area contributed by atoms with Crippen molar-refractivity contribution in [1.82, 2.24) is 0 Å². The van der Waals surface area contributed by atoms with Crippen LogP contribution in [-0.4, -0.2) is 6.21 Å². The quantitative estimate of drug-likeness (QED) is 0.533. The van der Waals surface area contributed by atoms with E-state index in [1.54, 1.807) is 12.3 Å². The van der Waals surface area contributed by atoms with Crippen LogP contribution in [0.2, 0.25) is 0 Å². The first-order valence-corrected chi connectivity index (χ1v) is 5.87. The summed E-state index contributed by atoms with van der Waals surface area (Å²) in [6.45, 7) is 9.70. The topological polar surface area (TPSA) is 12.4 Å². The van der Waals surface area contributed by atoms with Crippen LogP contribution in [0.1, 0.15) is 26.3 Å². The number of hydrogen-bond donors (Lipinski definition) is 0. The summed E-state index contributed by atoms with van der Waals surface area (Å²) >= 11 is 0. The van der Waals surface area contributed by atoms with Crippen molar-refractivity contribution in [2.45, 2.75) is 20.8 Å².